The topological polar surface area (TPSA) is 81.6 Å². The van der Waals surface area contributed by atoms with Crippen LogP contribution >= 0.6 is 0 Å². The molecule has 1 aromatic heterocycles. The van der Waals surface area contributed by atoms with Crippen molar-refractivity contribution >= 4 is 32.7 Å². The van der Waals surface area contributed by atoms with Gasteiger partial charge in [-0.15, -0.1) is 10.2 Å². The number of oxazole rings is 1. The quantitative estimate of drug-likeness (QED) is 0.662. The van der Waals surface area contributed by atoms with E-state index >= 15 is 0 Å². The van der Waals surface area contributed by atoms with Gasteiger partial charge < -0.3 is 4.42 Å². The van der Waals surface area contributed by atoms with Crippen LogP contribution < -0.4 is 5.76 Å². The van der Waals surface area contributed by atoms with E-state index in [1.54, 1.807) is 6.26 Å². The third kappa shape index (κ3) is 2.47. The van der Waals surface area contributed by atoms with Crippen molar-refractivity contribution in [1.82, 2.24) is 4.57 Å². The molecule has 2 aromatic rings. The molecule has 0 aliphatic carbocycles. The molecule has 0 unspecified atom stereocenters. The summed E-state index contributed by atoms with van der Waals surface area (Å²) in [6.07, 6.45) is 6.76. The van der Waals surface area contributed by atoms with Crippen molar-refractivity contribution < 1.29 is 12.8 Å². The average molecular weight is 298 g/mol. The minimum absolute atomic E-state index is 0.000853. The van der Waals surface area contributed by atoms with Gasteiger partial charge in [-0.3, -0.25) is 4.57 Å². The number of nitrogens with zero attached hydrogens (tertiary/aromatic N) is 2. The lowest BCUT2D eigenvalue weighted by molar-refractivity contribution is 0.521. The van der Waals surface area contributed by atoms with E-state index in [9.17, 15) is 13.2 Å². The van der Waals surface area contributed by atoms with Gasteiger partial charge in [-0.2, -0.15) is 8.42 Å². The number of hydrogen-bond acceptors (Lipinski definition) is 4. The molecule has 0 fully saturated rings. The third-order valence-corrected chi connectivity index (χ3v) is 4.74. The van der Waals surface area contributed by atoms with Gasteiger partial charge in [-0.25, -0.2) is 4.79 Å². The number of fused-ring (bicyclic) bond motifs is 1. The number of thiol groups is 1. The molecule has 6 nitrogen and oxygen atoms in total. The second-order valence-electron chi connectivity index (χ2n) is 3.54. The Labute approximate surface area is 113 Å². The maximum absolute atomic E-state index is 11.8. The predicted molar refractivity (Wildman–Crippen MR) is 73.6 cm³/mol. The van der Waals surface area contributed by atoms with Crippen LogP contribution in [-0.2, 0) is 28.1 Å². The molecule has 0 bridgehead atoms. The first kappa shape index (κ1) is 13.6. The van der Waals surface area contributed by atoms with E-state index in [4.69, 9.17) is 10.8 Å². The van der Waals surface area contributed by atoms with Gasteiger partial charge in [0.05, 0.1) is 17.0 Å². The van der Waals surface area contributed by atoms with Crippen LogP contribution in [0.3, 0.4) is 0 Å². The maximum atomic E-state index is 11.8. The molecule has 0 radical (unpaired) electrons. The molecule has 1 aromatic carbocycles. The Morgan fingerprint density at radius 3 is 2.89 bits per heavy atom. The van der Waals surface area contributed by atoms with E-state index in [-0.39, 0.29) is 17.0 Å². The van der Waals surface area contributed by atoms with Gasteiger partial charge in [0.2, 0.25) is 0 Å². The van der Waals surface area contributed by atoms with Crippen molar-refractivity contribution in [2.75, 3.05) is 6.26 Å². The Morgan fingerprint density at radius 2 is 2.26 bits per heavy atom. The van der Waals surface area contributed by atoms with Crippen LogP contribution in [0.4, 0.5) is 0 Å². The Balaban J connectivity index is 2.73. The van der Waals surface area contributed by atoms with Gasteiger partial charge in [0.15, 0.2) is 5.58 Å². The lowest BCUT2D eigenvalue weighted by Crippen LogP contribution is -2.13. The number of rotatable bonds is 3. The van der Waals surface area contributed by atoms with E-state index < -0.39 is 15.8 Å². The van der Waals surface area contributed by atoms with Gasteiger partial charge in [0.1, 0.15) is 0 Å². The fraction of sp³-hybridized carbons (Fsp3) is 0.182. The summed E-state index contributed by atoms with van der Waals surface area (Å²) in [5.41, 5.74) is 0.625. The number of aromatic nitrogens is 1. The summed E-state index contributed by atoms with van der Waals surface area (Å²) in [6.45, 7) is 0.0124. The highest BCUT2D eigenvalue weighted by Gasteiger charge is 2.16. The lowest BCUT2D eigenvalue weighted by Gasteiger charge is -1.99. The summed E-state index contributed by atoms with van der Waals surface area (Å²) in [4.78, 5) is 11.5. The number of hydrogen-bond donors (Lipinski definition) is 1. The Morgan fingerprint density at radius 1 is 1.53 bits per heavy atom. The molecule has 100 valence electrons. The molecule has 0 amide bonds. The average Bonchev–Trinajstić information content (AvgIpc) is 2.66. The highest BCUT2D eigenvalue weighted by atomic mass is 32.2. The molecule has 0 saturated carbocycles. The largest absolute Gasteiger partial charge is 0.420 e. The Bertz CT molecular complexity index is 853. The van der Waals surface area contributed by atoms with Crippen molar-refractivity contribution in [2.24, 2.45) is 3.77 Å². The van der Waals surface area contributed by atoms with Crippen molar-refractivity contribution in [2.45, 2.75) is 11.4 Å². The minimum atomic E-state index is -3.72. The van der Waals surface area contributed by atoms with Crippen LogP contribution in [0.5, 0.6) is 0 Å². The molecule has 0 spiro atoms. The summed E-state index contributed by atoms with van der Waals surface area (Å²) in [6, 6.07) is 4.09. The summed E-state index contributed by atoms with van der Waals surface area (Å²) in [5.74, 6) is 1.70. The molecule has 19 heavy (non-hydrogen) atoms. The molecule has 8 heteroatoms. The van der Waals surface area contributed by atoms with Crippen LogP contribution in [-0.4, -0.2) is 19.2 Å². The van der Waals surface area contributed by atoms with Crippen LogP contribution in [0.1, 0.15) is 0 Å². The highest BCUT2D eigenvalue weighted by Crippen LogP contribution is 2.20. The molecule has 0 N–H and O–H groups in total. The van der Waals surface area contributed by atoms with Crippen molar-refractivity contribution in [3.8, 4) is 12.3 Å². The van der Waals surface area contributed by atoms with E-state index in [2.05, 4.69) is 9.69 Å². The van der Waals surface area contributed by atoms with E-state index in [0.29, 0.717) is 17.1 Å². The predicted octanol–water partition coefficient (Wildman–Crippen LogP) is 0.545. The fourth-order valence-corrected chi connectivity index (χ4v) is 3.34. The zero-order valence-electron chi connectivity index (χ0n) is 9.90. The first-order valence-corrected chi connectivity index (χ1v) is 7.86. The normalized spacial score (nSPS) is 12.4. The first-order chi connectivity index (χ1) is 8.99. The fourth-order valence-electron chi connectivity index (χ4n) is 1.60. The van der Waals surface area contributed by atoms with Crippen LogP contribution in [0.2, 0.25) is 0 Å². The summed E-state index contributed by atoms with van der Waals surface area (Å²) in [5, 5.41) is 0. The number of terminal acetylenes is 1. The summed E-state index contributed by atoms with van der Waals surface area (Å²) < 4.78 is 33.3. The highest BCUT2D eigenvalue weighted by molar-refractivity contribution is 7.94. The molecule has 1 heterocycles. The Hall–Kier alpha value is -1.85. The smallest absolute Gasteiger partial charge is 0.408 e. The van der Waals surface area contributed by atoms with Crippen LogP contribution in [0.15, 0.2) is 36.1 Å². The second kappa shape index (κ2) is 5.03. The first-order valence-electron chi connectivity index (χ1n) is 5.12. The van der Waals surface area contributed by atoms with Crippen molar-refractivity contribution in [3.63, 3.8) is 0 Å². The molecular formula is C11H10N2O4S2. The molecular weight excluding hydrogens is 288 g/mol. The van der Waals surface area contributed by atoms with Gasteiger partial charge in [-0.1, -0.05) is 17.5 Å². The molecule has 0 atom stereocenters. The van der Waals surface area contributed by atoms with E-state index in [1.165, 1.54) is 22.8 Å². The molecule has 0 aliphatic rings. The van der Waals surface area contributed by atoms with Crippen LogP contribution in [0.25, 0.3) is 11.1 Å². The minimum Gasteiger partial charge on any atom is -0.408 e. The summed E-state index contributed by atoms with van der Waals surface area (Å²) >= 11 is 0.384. The SMILES string of the molecule is C#CCn1c(=O)oc2ccc(S(=O)(=O)N=[SH]C)cc21. The van der Waals surface area contributed by atoms with Gasteiger partial charge in [0, 0.05) is 0 Å². The molecule has 2 rings (SSSR count). The lowest BCUT2D eigenvalue weighted by atomic mass is 10.3. The van der Waals surface area contributed by atoms with Gasteiger partial charge >= 0.3 is 5.76 Å². The van der Waals surface area contributed by atoms with Crippen molar-refractivity contribution in [1.29, 1.82) is 0 Å². The maximum Gasteiger partial charge on any atom is 0.420 e. The standard InChI is InChI=1S/C11H10N2O4S2/c1-3-6-13-9-7-8(19(15,16)12-18-2)4-5-10(9)17-11(13)14/h1,4-5,7,18H,6H2,2H3. The van der Waals surface area contributed by atoms with E-state index in [1.807, 2.05) is 0 Å². The number of sulfonamides is 1. The molecule has 0 aliphatic heterocycles. The van der Waals surface area contributed by atoms with Gasteiger partial charge in [0.25, 0.3) is 10.0 Å². The second-order valence-corrected chi connectivity index (χ2v) is 6.02. The number of benzene rings is 1. The third-order valence-electron chi connectivity index (χ3n) is 2.38. The molecule has 0 saturated heterocycles. The zero-order chi connectivity index (χ0) is 14.0. The van der Waals surface area contributed by atoms with Gasteiger partial charge in [-0.05, 0) is 24.5 Å². The van der Waals surface area contributed by atoms with Crippen LogP contribution in [0, 0.1) is 12.3 Å². The van der Waals surface area contributed by atoms with Crippen molar-refractivity contribution in [3.05, 3.63) is 28.7 Å². The monoisotopic (exact) mass is 298 g/mol. The summed E-state index contributed by atoms with van der Waals surface area (Å²) in [7, 11) is -3.72. The zero-order valence-corrected chi connectivity index (χ0v) is 11.6. The van der Waals surface area contributed by atoms with E-state index in [0.717, 1.165) is 0 Å². The Kier molecular flexibility index (Phi) is 3.59.